The predicted molar refractivity (Wildman–Crippen MR) is 111 cm³/mol. The second kappa shape index (κ2) is 7.31. The van der Waals surface area contributed by atoms with E-state index in [1.807, 2.05) is 30.3 Å². The summed E-state index contributed by atoms with van der Waals surface area (Å²) in [6.45, 7) is 3.09. The average molecular weight is 425 g/mol. The molecule has 4 nitrogen and oxygen atoms in total. The third-order valence-corrected chi connectivity index (χ3v) is 5.71. The Bertz CT molecular complexity index is 1010. The zero-order valence-electron chi connectivity index (χ0n) is 15.2. The van der Waals surface area contributed by atoms with Crippen molar-refractivity contribution < 1.29 is 9.59 Å². The quantitative estimate of drug-likeness (QED) is 0.524. The highest BCUT2D eigenvalue weighted by molar-refractivity contribution is 9.10. The van der Waals surface area contributed by atoms with Gasteiger partial charge < -0.3 is 4.57 Å². The van der Waals surface area contributed by atoms with E-state index in [0.29, 0.717) is 5.69 Å². The summed E-state index contributed by atoms with van der Waals surface area (Å²) < 4.78 is 3.13. The molecule has 5 heteroatoms. The number of carbonyl (C=O) groups is 2. The summed E-state index contributed by atoms with van der Waals surface area (Å²) in [6.07, 6.45) is 4.48. The minimum Gasteiger partial charge on any atom is -0.347 e. The highest BCUT2D eigenvalue weighted by Crippen LogP contribution is 2.37. The van der Waals surface area contributed by atoms with Crippen LogP contribution in [-0.4, -0.2) is 16.4 Å². The standard InChI is InChI=1S/C22H21BrN2O2/c1-2-3-12-24-14-19(17-6-4-5-7-20(17)24)18-13-21(26)25(22(18)27)16-10-8-15(23)9-11-16/h4-11,14,18H,2-3,12-13H2,1H3/t18-/m1/s1. The zero-order valence-corrected chi connectivity index (χ0v) is 16.8. The van der Waals surface area contributed by atoms with Crippen molar-refractivity contribution in [1.29, 1.82) is 0 Å². The molecule has 0 saturated carbocycles. The third-order valence-electron chi connectivity index (χ3n) is 5.18. The van der Waals surface area contributed by atoms with Gasteiger partial charge in [-0.3, -0.25) is 14.5 Å². The Morgan fingerprint density at radius 1 is 1.07 bits per heavy atom. The molecule has 27 heavy (non-hydrogen) atoms. The molecule has 0 unspecified atom stereocenters. The Morgan fingerprint density at radius 3 is 2.56 bits per heavy atom. The summed E-state index contributed by atoms with van der Waals surface area (Å²) in [4.78, 5) is 27.1. The van der Waals surface area contributed by atoms with Crippen molar-refractivity contribution in [2.75, 3.05) is 4.90 Å². The van der Waals surface area contributed by atoms with Gasteiger partial charge in [0.05, 0.1) is 11.6 Å². The molecule has 0 N–H and O–H groups in total. The summed E-state index contributed by atoms with van der Waals surface area (Å²) in [7, 11) is 0. The van der Waals surface area contributed by atoms with Crippen molar-refractivity contribution in [1.82, 2.24) is 4.57 Å². The number of amides is 2. The van der Waals surface area contributed by atoms with E-state index in [4.69, 9.17) is 0 Å². The molecule has 1 atom stereocenters. The number of hydrogen-bond acceptors (Lipinski definition) is 2. The molecule has 4 rings (SSSR count). The number of rotatable bonds is 5. The van der Waals surface area contributed by atoms with Gasteiger partial charge in [0.2, 0.25) is 11.8 Å². The molecule has 3 aromatic rings. The van der Waals surface area contributed by atoms with Crippen molar-refractivity contribution >= 4 is 44.3 Å². The first kappa shape index (κ1) is 18.0. The lowest BCUT2D eigenvalue weighted by Crippen LogP contribution is -2.29. The zero-order chi connectivity index (χ0) is 19.0. The minimum atomic E-state index is -0.422. The fraction of sp³-hybridized carbons (Fsp3) is 0.273. The van der Waals surface area contributed by atoms with E-state index in [9.17, 15) is 9.59 Å². The Labute approximate surface area is 166 Å². The van der Waals surface area contributed by atoms with Crippen LogP contribution in [0.2, 0.25) is 0 Å². The van der Waals surface area contributed by atoms with Gasteiger partial charge in [0.25, 0.3) is 0 Å². The number of fused-ring (bicyclic) bond motifs is 1. The molecule has 1 fully saturated rings. The Balaban J connectivity index is 1.73. The third kappa shape index (κ3) is 3.21. The number of para-hydroxylation sites is 1. The van der Waals surface area contributed by atoms with Gasteiger partial charge in [-0.1, -0.05) is 47.5 Å². The van der Waals surface area contributed by atoms with Crippen molar-refractivity contribution in [2.24, 2.45) is 0 Å². The van der Waals surface area contributed by atoms with E-state index in [1.165, 1.54) is 4.90 Å². The van der Waals surface area contributed by atoms with Crippen LogP contribution in [0.25, 0.3) is 10.9 Å². The van der Waals surface area contributed by atoms with Crippen molar-refractivity contribution in [3.05, 3.63) is 64.8 Å². The predicted octanol–water partition coefficient (Wildman–Crippen LogP) is 5.25. The van der Waals surface area contributed by atoms with E-state index in [-0.39, 0.29) is 18.2 Å². The number of unbranched alkanes of at least 4 members (excludes halogenated alkanes) is 1. The average Bonchev–Trinajstić information content (AvgIpc) is 3.18. The van der Waals surface area contributed by atoms with Gasteiger partial charge in [-0.25, -0.2) is 0 Å². The van der Waals surface area contributed by atoms with Crippen LogP contribution in [0.5, 0.6) is 0 Å². The number of hydrogen-bond donors (Lipinski definition) is 0. The largest absolute Gasteiger partial charge is 0.347 e. The highest BCUT2D eigenvalue weighted by Gasteiger charge is 2.41. The molecular formula is C22H21BrN2O2. The maximum absolute atomic E-state index is 13.2. The van der Waals surface area contributed by atoms with Gasteiger partial charge >= 0.3 is 0 Å². The van der Waals surface area contributed by atoms with Crippen molar-refractivity contribution in [2.45, 2.75) is 38.6 Å². The van der Waals surface area contributed by atoms with Crippen LogP contribution in [0.4, 0.5) is 5.69 Å². The molecule has 138 valence electrons. The molecular weight excluding hydrogens is 404 g/mol. The normalized spacial score (nSPS) is 17.3. The maximum Gasteiger partial charge on any atom is 0.241 e. The minimum absolute atomic E-state index is 0.138. The summed E-state index contributed by atoms with van der Waals surface area (Å²) >= 11 is 3.39. The number of benzene rings is 2. The monoisotopic (exact) mass is 424 g/mol. The molecule has 2 amide bonds. The Morgan fingerprint density at radius 2 is 1.81 bits per heavy atom. The SMILES string of the molecule is CCCCn1cc([C@H]2CC(=O)N(c3ccc(Br)cc3)C2=O)c2ccccc21. The van der Waals surface area contributed by atoms with Crippen LogP contribution in [0.1, 0.15) is 37.7 Å². The Hall–Kier alpha value is -2.40. The molecule has 0 bridgehead atoms. The van der Waals surface area contributed by atoms with E-state index in [0.717, 1.165) is 40.3 Å². The van der Waals surface area contributed by atoms with Crippen LogP contribution in [0, 0.1) is 0 Å². The highest BCUT2D eigenvalue weighted by atomic mass is 79.9. The lowest BCUT2D eigenvalue weighted by Gasteiger charge is -2.15. The van der Waals surface area contributed by atoms with Gasteiger partial charge in [-0.05, 0) is 42.3 Å². The molecule has 1 saturated heterocycles. The number of anilines is 1. The van der Waals surface area contributed by atoms with Crippen LogP contribution in [-0.2, 0) is 16.1 Å². The first-order valence-corrected chi connectivity index (χ1v) is 10.1. The van der Waals surface area contributed by atoms with E-state index in [2.05, 4.69) is 39.7 Å². The second-order valence-electron chi connectivity index (χ2n) is 6.95. The molecule has 2 heterocycles. The topological polar surface area (TPSA) is 42.3 Å². The number of nitrogens with zero attached hydrogens (tertiary/aromatic N) is 2. The molecule has 2 aromatic carbocycles. The molecule has 0 radical (unpaired) electrons. The van der Waals surface area contributed by atoms with Gasteiger partial charge in [0.15, 0.2) is 0 Å². The summed E-state index contributed by atoms with van der Waals surface area (Å²) in [5.74, 6) is -0.702. The van der Waals surface area contributed by atoms with Gasteiger partial charge in [0.1, 0.15) is 0 Å². The van der Waals surface area contributed by atoms with Crippen LogP contribution >= 0.6 is 15.9 Å². The number of imide groups is 1. The summed E-state index contributed by atoms with van der Waals surface area (Å²) in [6, 6.07) is 15.4. The van der Waals surface area contributed by atoms with Gasteiger partial charge in [0, 0.05) is 34.5 Å². The Kier molecular flexibility index (Phi) is 4.87. The second-order valence-corrected chi connectivity index (χ2v) is 7.86. The fourth-order valence-electron chi connectivity index (χ4n) is 3.80. The summed E-state index contributed by atoms with van der Waals surface area (Å²) in [5, 5.41) is 1.07. The molecule has 1 aliphatic rings. The first-order valence-electron chi connectivity index (χ1n) is 9.30. The number of aromatic nitrogens is 1. The van der Waals surface area contributed by atoms with Crippen LogP contribution in [0.15, 0.2) is 59.2 Å². The van der Waals surface area contributed by atoms with Gasteiger partial charge in [-0.15, -0.1) is 0 Å². The number of aryl methyl sites for hydroxylation is 1. The van der Waals surface area contributed by atoms with E-state index in [1.54, 1.807) is 12.1 Å². The number of carbonyl (C=O) groups excluding carboxylic acids is 2. The van der Waals surface area contributed by atoms with Crippen LogP contribution < -0.4 is 4.90 Å². The smallest absolute Gasteiger partial charge is 0.241 e. The lowest BCUT2D eigenvalue weighted by molar-refractivity contribution is -0.121. The summed E-state index contributed by atoms with van der Waals surface area (Å²) in [5.41, 5.74) is 2.72. The molecule has 1 aliphatic heterocycles. The fourth-order valence-corrected chi connectivity index (χ4v) is 4.07. The number of halogens is 1. The van der Waals surface area contributed by atoms with Crippen LogP contribution in [0.3, 0.4) is 0 Å². The molecule has 0 aliphatic carbocycles. The van der Waals surface area contributed by atoms with E-state index >= 15 is 0 Å². The van der Waals surface area contributed by atoms with E-state index < -0.39 is 5.92 Å². The van der Waals surface area contributed by atoms with Gasteiger partial charge in [-0.2, -0.15) is 0 Å². The lowest BCUT2D eigenvalue weighted by atomic mass is 9.97. The first-order chi connectivity index (χ1) is 13.1. The molecule has 0 spiro atoms. The maximum atomic E-state index is 13.2. The van der Waals surface area contributed by atoms with Crippen molar-refractivity contribution in [3.8, 4) is 0 Å². The molecule has 1 aromatic heterocycles. The van der Waals surface area contributed by atoms with Crippen molar-refractivity contribution in [3.63, 3.8) is 0 Å².